The quantitative estimate of drug-likeness (QED) is 0.792. The van der Waals surface area contributed by atoms with Crippen LogP contribution in [0.3, 0.4) is 0 Å². The van der Waals surface area contributed by atoms with Gasteiger partial charge in [-0.05, 0) is 19.3 Å². The predicted molar refractivity (Wildman–Crippen MR) is 57.5 cm³/mol. The van der Waals surface area contributed by atoms with E-state index in [1.807, 2.05) is 0 Å². The molecule has 0 radical (unpaired) electrons. The van der Waals surface area contributed by atoms with Crippen LogP contribution in [0.4, 0.5) is 17.6 Å². The van der Waals surface area contributed by atoms with Gasteiger partial charge in [-0.25, -0.2) is 8.78 Å². The summed E-state index contributed by atoms with van der Waals surface area (Å²) in [5.41, 5.74) is -0.528. The van der Waals surface area contributed by atoms with Crippen molar-refractivity contribution in [2.75, 3.05) is 6.67 Å². The van der Waals surface area contributed by atoms with Gasteiger partial charge < -0.3 is 0 Å². The molecule has 0 N–H and O–H groups in total. The van der Waals surface area contributed by atoms with Crippen LogP contribution in [0.15, 0.2) is 0 Å². The number of Topliss-reactive ketones (excluding diaryl/α,β-unsaturated/α-hetero) is 1. The highest BCUT2D eigenvalue weighted by molar-refractivity contribution is 5.75. The number of fused-ring (bicyclic) bond motifs is 3. The smallest absolute Gasteiger partial charge is 0.293 e. The Labute approximate surface area is 106 Å². The Morgan fingerprint density at radius 2 is 2.26 bits per heavy atom. The summed E-state index contributed by atoms with van der Waals surface area (Å²) in [5.74, 6) is -4.74. The van der Waals surface area contributed by atoms with Gasteiger partial charge in [0.15, 0.2) is 12.0 Å². The zero-order valence-electron chi connectivity index (χ0n) is 10.2. The van der Waals surface area contributed by atoms with Gasteiger partial charge in [-0.3, -0.25) is 9.48 Å². The number of carbonyl (C=O) groups excluding carboxylic acids is 1. The fourth-order valence-electron chi connectivity index (χ4n) is 2.93. The number of ketones is 1. The normalized spacial score (nSPS) is 27.8. The number of nitrogens with zero attached hydrogens (tertiary/aromatic N) is 2. The summed E-state index contributed by atoms with van der Waals surface area (Å²) in [6.07, 6.45) is -1.73. The molecular formula is C12H12F4N2O. The first kappa shape index (κ1) is 12.6. The molecule has 0 bridgehead atoms. The van der Waals surface area contributed by atoms with E-state index in [0.717, 1.165) is 4.68 Å². The van der Waals surface area contributed by atoms with E-state index in [2.05, 4.69) is 5.10 Å². The van der Waals surface area contributed by atoms with E-state index in [4.69, 9.17) is 0 Å². The van der Waals surface area contributed by atoms with Gasteiger partial charge in [0.05, 0.1) is 6.54 Å². The van der Waals surface area contributed by atoms with Gasteiger partial charge in [-0.1, -0.05) is 0 Å². The van der Waals surface area contributed by atoms with Crippen LogP contribution in [-0.4, -0.2) is 22.2 Å². The van der Waals surface area contributed by atoms with Crippen LogP contribution in [0.25, 0.3) is 0 Å². The second-order valence-electron chi connectivity index (χ2n) is 5.20. The summed E-state index contributed by atoms with van der Waals surface area (Å²) >= 11 is 0. The first-order chi connectivity index (χ1) is 8.87. The average molecular weight is 276 g/mol. The van der Waals surface area contributed by atoms with E-state index in [-0.39, 0.29) is 30.0 Å². The third-order valence-electron chi connectivity index (χ3n) is 3.76. The number of halogens is 4. The van der Waals surface area contributed by atoms with Crippen molar-refractivity contribution in [3.05, 3.63) is 17.0 Å². The average Bonchev–Trinajstić information content (AvgIpc) is 2.98. The summed E-state index contributed by atoms with van der Waals surface area (Å²) in [4.78, 5) is 11.1. The molecule has 1 saturated carbocycles. The first-order valence-corrected chi connectivity index (χ1v) is 6.06. The third-order valence-corrected chi connectivity index (χ3v) is 3.76. The van der Waals surface area contributed by atoms with Crippen LogP contribution in [0.5, 0.6) is 0 Å². The minimum atomic E-state index is -3.10. The number of hydrogen-bond acceptors (Lipinski definition) is 2. The highest BCUT2D eigenvalue weighted by Crippen LogP contribution is 2.68. The van der Waals surface area contributed by atoms with Gasteiger partial charge in [-0.2, -0.15) is 13.9 Å². The molecule has 0 aliphatic heterocycles. The number of hydrogen-bond donors (Lipinski definition) is 0. The maximum Gasteiger partial charge on any atom is 0.293 e. The lowest BCUT2D eigenvalue weighted by Crippen LogP contribution is -2.22. The summed E-state index contributed by atoms with van der Waals surface area (Å²) in [6, 6.07) is 0. The van der Waals surface area contributed by atoms with Crippen LogP contribution in [0.1, 0.15) is 42.4 Å². The topological polar surface area (TPSA) is 34.9 Å². The van der Waals surface area contributed by atoms with E-state index in [1.54, 1.807) is 0 Å². The molecule has 0 saturated heterocycles. The lowest BCUT2D eigenvalue weighted by molar-refractivity contribution is -0.118. The fraction of sp³-hybridized carbons (Fsp3) is 0.667. The van der Waals surface area contributed by atoms with Gasteiger partial charge in [0.25, 0.3) is 5.92 Å². The van der Waals surface area contributed by atoms with Crippen molar-refractivity contribution in [2.24, 2.45) is 5.92 Å². The predicted octanol–water partition coefficient (Wildman–Crippen LogP) is 2.66. The van der Waals surface area contributed by atoms with Gasteiger partial charge in [0.2, 0.25) is 0 Å². The van der Waals surface area contributed by atoms with Crippen molar-refractivity contribution in [1.29, 1.82) is 0 Å². The van der Waals surface area contributed by atoms with Crippen LogP contribution in [0, 0.1) is 5.92 Å². The molecule has 3 rings (SSSR count). The highest BCUT2D eigenvalue weighted by atomic mass is 19.3. The van der Waals surface area contributed by atoms with E-state index >= 15 is 0 Å². The number of carbonyl (C=O) groups is 1. The third kappa shape index (κ3) is 1.63. The number of rotatable bonds is 4. The van der Waals surface area contributed by atoms with Gasteiger partial charge >= 0.3 is 0 Å². The Bertz CT molecular complexity index is 554. The van der Waals surface area contributed by atoms with Crippen molar-refractivity contribution in [2.45, 2.75) is 37.9 Å². The SMILES string of the molecule is CC(=O)Cn1nc(C(F)CF)c2c1C(F)(F)C1CC21. The van der Waals surface area contributed by atoms with Crippen molar-refractivity contribution in [3.63, 3.8) is 0 Å². The first-order valence-electron chi connectivity index (χ1n) is 6.06. The number of aromatic nitrogens is 2. The minimum absolute atomic E-state index is 0.126. The van der Waals surface area contributed by atoms with Crippen molar-refractivity contribution in [1.82, 2.24) is 9.78 Å². The molecule has 1 fully saturated rings. The van der Waals surface area contributed by atoms with E-state index in [0.29, 0.717) is 0 Å². The zero-order valence-corrected chi connectivity index (χ0v) is 10.2. The lowest BCUT2D eigenvalue weighted by atomic mass is 10.1. The Kier molecular flexibility index (Phi) is 2.53. The Balaban J connectivity index is 2.13. The Morgan fingerprint density at radius 3 is 2.84 bits per heavy atom. The second kappa shape index (κ2) is 3.80. The molecule has 1 aromatic rings. The van der Waals surface area contributed by atoms with Crippen LogP contribution in [0.2, 0.25) is 0 Å². The maximum atomic E-state index is 14.1. The molecule has 2 aliphatic carbocycles. The van der Waals surface area contributed by atoms with E-state index < -0.39 is 36.3 Å². The summed E-state index contributed by atoms with van der Waals surface area (Å²) < 4.78 is 55.0. The van der Waals surface area contributed by atoms with Gasteiger partial charge in [0, 0.05) is 11.5 Å². The van der Waals surface area contributed by atoms with Crippen molar-refractivity contribution >= 4 is 5.78 Å². The van der Waals surface area contributed by atoms with E-state index in [9.17, 15) is 22.4 Å². The molecule has 19 heavy (non-hydrogen) atoms. The molecule has 0 aromatic carbocycles. The van der Waals surface area contributed by atoms with Crippen molar-refractivity contribution in [3.8, 4) is 0 Å². The zero-order chi connectivity index (χ0) is 13.9. The monoisotopic (exact) mass is 276 g/mol. The van der Waals surface area contributed by atoms with Crippen molar-refractivity contribution < 1.29 is 22.4 Å². The lowest BCUT2D eigenvalue weighted by Gasteiger charge is -2.14. The minimum Gasteiger partial charge on any atom is -0.298 e. The second-order valence-corrected chi connectivity index (χ2v) is 5.20. The molecular weight excluding hydrogens is 264 g/mol. The Hall–Kier alpha value is -1.40. The summed E-state index contributed by atoms with van der Waals surface area (Å²) in [7, 11) is 0. The maximum absolute atomic E-state index is 14.1. The molecule has 1 aromatic heterocycles. The largest absolute Gasteiger partial charge is 0.298 e. The molecule has 7 heteroatoms. The molecule has 3 nitrogen and oxygen atoms in total. The molecule has 0 amide bonds. The van der Waals surface area contributed by atoms with E-state index in [1.165, 1.54) is 6.92 Å². The summed E-state index contributed by atoms with van der Waals surface area (Å²) in [6.45, 7) is -0.396. The van der Waals surface area contributed by atoms with Crippen LogP contribution in [-0.2, 0) is 17.3 Å². The van der Waals surface area contributed by atoms with Crippen LogP contribution >= 0.6 is 0 Å². The standard InChI is InChI=1S/C12H12F4N2O/c1-5(19)4-18-11-9(10(17-18)8(14)3-13)6-2-7(6)12(11,15)16/h6-8H,2-4H2,1H3. The molecule has 104 valence electrons. The van der Waals surface area contributed by atoms with Gasteiger partial charge in [-0.15, -0.1) is 0 Å². The molecule has 3 atom stereocenters. The van der Waals surface area contributed by atoms with Crippen LogP contribution < -0.4 is 0 Å². The molecule has 1 heterocycles. The molecule has 2 aliphatic rings. The number of alkyl halides is 4. The fourth-order valence-corrected chi connectivity index (χ4v) is 2.93. The summed E-state index contributed by atoms with van der Waals surface area (Å²) in [5, 5.41) is 3.72. The highest BCUT2D eigenvalue weighted by Gasteiger charge is 2.67. The Morgan fingerprint density at radius 1 is 1.58 bits per heavy atom. The van der Waals surface area contributed by atoms with Gasteiger partial charge in [0.1, 0.15) is 18.1 Å². The molecule has 0 spiro atoms. The molecule has 3 unspecified atom stereocenters.